The molecule has 0 saturated carbocycles. The third-order valence-electron chi connectivity index (χ3n) is 3.07. The number of guanidine groups is 1. The highest BCUT2D eigenvalue weighted by Gasteiger charge is 2.08. The minimum atomic E-state index is 0.356. The number of rotatable bonds is 4. The summed E-state index contributed by atoms with van der Waals surface area (Å²) < 4.78 is 1.87. The molecule has 3 N–H and O–H groups in total. The molecule has 96 valence electrons. The fourth-order valence-electron chi connectivity index (χ4n) is 1.61. The van der Waals surface area contributed by atoms with Gasteiger partial charge in [0.1, 0.15) is 0 Å². The molecule has 1 atom stereocenters. The predicted octanol–water partition coefficient (Wildman–Crippen LogP) is 1.24. The Balaban J connectivity index is 2.69. The summed E-state index contributed by atoms with van der Waals surface area (Å²) in [4.78, 5) is 4.35. The van der Waals surface area contributed by atoms with Gasteiger partial charge in [-0.25, -0.2) is 4.99 Å². The quantitative estimate of drug-likeness (QED) is 0.611. The summed E-state index contributed by atoms with van der Waals surface area (Å²) >= 11 is 0. The molecule has 1 unspecified atom stereocenters. The summed E-state index contributed by atoms with van der Waals surface area (Å²) in [6.07, 6.45) is 1.03. The molecule has 0 radical (unpaired) electrons. The van der Waals surface area contributed by atoms with Crippen LogP contribution in [0.2, 0.25) is 0 Å². The number of hydrogen-bond donors (Lipinski definition) is 2. The topological polar surface area (TPSA) is 68.2 Å². The van der Waals surface area contributed by atoms with Gasteiger partial charge in [-0.05, 0) is 27.2 Å². The van der Waals surface area contributed by atoms with Crippen LogP contribution in [-0.4, -0.2) is 21.8 Å². The fraction of sp³-hybridized carbons (Fsp3) is 0.667. The molecule has 0 aliphatic carbocycles. The van der Waals surface area contributed by atoms with Crippen LogP contribution in [0.15, 0.2) is 4.99 Å². The Hall–Kier alpha value is -1.52. The van der Waals surface area contributed by atoms with E-state index < -0.39 is 0 Å². The molecule has 0 amide bonds. The number of hydrogen-bond acceptors (Lipinski definition) is 2. The van der Waals surface area contributed by atoms with E-state index in [2.05, 4.69) is 29.3 Å². The maximum Gasteiger partial charge on any atom is 0.189 e. The van der Waals surface area contributed by atoms with Crippen LogP contribution in [0.4, 0.5) is 0 Å². The Kier molecular flexibility index (Phi) is 4.54. The lowest BCUT2D eigenvalue weighted by Crippen LogP contribution is -2.38. The largest absolute Gasteiger partial charge is 0.370 e. The number of nitrogens with two attached hydrogens (primary N) is 1. The summed E-state index contributed by atoms with van der Waals surface area (Å²) in [5.41, 5.74) is 9.13. The van der Waals surface area contributed by atoms with E-state index in [9.17, 15) is 0 Å². The molecular weight excluding hydrogens is 214 g/mol. The van der Waals surface area contributed by atoms with E-state index >= 15 is 0 Å². The van der Waals surface area contributed by atoms with Gasteiger partial charge in [0.15, 0.2) is 5.96 Å². The lowest BCUT2D eigenvalue weighted by Gasteiger charge is -2.11. The minimum Gasteiger partial charge on any atom is -0.370 e. The third-order valence-corrected chi connectivity index (χ3v) is 3.07. The molecular formula is C12H23N5. The second-order valence-electron chi connectivity index (χ2n) is 4.43. The second-order valence-corrected chi connectivity index (χ2v) is 4.43. The molecule has 1 heterocycles. The van der Waals surface area contributed by atoms with Crippen molar-refractivity contribution in [2.24, 2.45) is 17.8 Å². The lowest BCUT2D eigenvalue weighted by molar-refractivity contribution is 0.636. The third kappa shape index (κ3) is 3.47. The van der Waals surface area contributed by atoms with Crippen LogP contribution in [-0.2, 0) is 13.6 Å². The van der Waals surface area contributed by atoms with Crippen molar-refractivity contribution >= 4 is 5.96 Å². The first kappa shape index (κ1) is 13.5. The zero-order valence-electron chi connectivity index (χ0n) is 11.4. The van der Waals surface area contributed by atoms with Crippen molar-refractivity contribution in [3.63, 3.8) is 0 Å². The fourth-order valence-corrected chi connectivity index (χ4v) is 1.61. The smallest absolute Gasteiger partial charge is 0.189 e. The Morgan fingerprint density at radius 1 is 1.53 bits per heavy atom. The van der Waals surface area contributed by atoms with E-state index in [1.807, 2.05) is 25.6 Å². The van der Waals surface area contributed by atoms with E-state index in [4.69, 9.17) is 5.73 Å². The van der Waals surface area contributed by atoms with Gasteiger partial charge in [-0.2, -0.15) is 5.10 Å². The predicted molar refractivity (Wildman–Crippen MR) is 70.9 cm³/mol. The molecule has 1 aromatic heterocycles. The number of aryl methyl sites for hydroxylation is 2. The van der Waals surface area contributed by atoms with Crippen molar-refractivity contribution in [3.05, 3.63) is 17.0 Å². The van der Waals surface area contributed by atoms with E-state index in [1.165, 1.54) is 0 Å². The highest BCUT2D eigenvalue weighted by Crippen LogP contribution is 2.12. The van der Waals surface area contributed by atoms with E-state index in [-0.39, 0.29) is 0 Å². The van der Waals surface area contributed by atoms with Gasteiger partial charge in [-0.1, -0.05) is 6.92 Å². The Bertz CT molecular complexity index is 405. The molecule has 17 heavy (non-hydrogen) atoms. The summed E-state index contributed by atoms with van der Waals surface area (Å²) in [5.74, 6) is 0.502. The van der Waals surface area contributed by atoms with Crippen LogP contribution >= 0.6 is 0 Å². The second kappa shape index (κ2) is 5.70. The summed E-state index contributed by atoms with van der Waals surface area (Å²) in [5, 5.41) is 7.50. The van der Waals surface area contributed by atoms with Crippen LogP contribution < -0.4 is 11.1 Å². The average Bonchev–Trinajstić information content (AvgIpc) is 2.51. The summed E-state index contributed by atoms with van der Waals surface area (Å²) in [6.45, 7) is 8.82. The molecule has 0 aliphatic rings. The first-order chi connectivity index (χ1) is 7.95. The van der Waals surface area contributed by atoms with Gasteiger partial charge in [0.25, 0.3) is 0 Å². The number of aromatic nitrogens is 2. The SMILES string of the molecule is CCC(C)NC(N)=NCc1c(C)nn(C)c1C. The maximum atomic E-state index is 5.82. The zero-order valence-corrected chi connectivity index (χ0v) is 11.4. The number of nitrogens with zero attached hydrogens (tertiary/aromatic N) is 3. The van der Waals surface area contributed by atoms with Crippen molar-refractivity contribution in [1.29, 1.82) is 0 Å². The Morgan fingerprint density at radius 3 is 2.65 bits per heavy atom. The van der Waals surface area contributed by atoms with Crippen molar-refractivity contribution in [2.75, 3.05) is 0 Å². The van der Waals surface area contributed by atoms with Crippen LogP contribution in [0.25, 0.3) is 0 Å². The first-order valence-corrected chi connectivity index (χ1v) is 6.01. The lowest BCUT2D eigenvalue weighted by atomic mass is 10.2. The van der Waals surface area contributed by atoms with Crippen molar-refractivity contribution in [1.82, 2.24) is 15.1 Å². The summed E-state index contributed by atoms with van der Waals surface area (Å²) in [6, 6.07) is 0.356. The number of nitrogens with one attached hydrogen (secondary N) is 1. The van der Waals surface area contributed by atoms with Gasteiger partial charge in [0.05, 0.1) is 12.2 Å². The van der Waals surface area contributed by atoms with Gasteiger partial charge >= 0.3 is 0 Å². The molecule has 5 nitrogen and oxygen atoms in total. The minimum absolute atomic E-state index is 0.356. The van der Waals surface area contributed by atoms with Crippen molar-refractivity contribution in [3.8, 4) is 0 Å². The highest BCUT2D eigenvalue weighted by molar-refractivity contribution is 5.78. The van der Waals surface area contributed by atoms with Gasteiger partial charge < -0.3 is 11.1 Å². The molecule has 0 aromatic carbocycles. The summed E-state index contributed by atoms with van der Waals surface area (Å²) in [7, 11) is 1.94. The average molecular weight is 237 g/mol. The van der Waals surface area contributed by atoms with E-state index in [0.717, 1.165) is 23.4 Å². The molecule has 0 aliphatic heterocycles. The van der Waals surface area contributed by atoms with Crippen molar-refractivity contribution < 1.29 is 0 Å². The molecule has 0 fully saturated rings. The molecule has 0 bridgehead atoms. The zero-order chi connectivity index (χ0) is 13.0. The molecule has 5 heteroatoms. The van der Waals surface area contributed by atoms with Crippen molar-refractivity contribution in [2.45, 2.75) is 46.7 Å². The van der Waals surface area contributed by atoms with Crippen LogP contribution in [0.1, 0.15) is 37.2 Å². The van der Waals surface area contributed by atoms with Gasteiger partial charge in [-0.15, -0.1) is 0 Å². The van der Waals surface area contributed by atoms with Crippen LogP contribution in [0.5, 0.6) is 0 Å². The van der Waals surface area contributed by atoms with Gasteiger partial charge in [0, 0.05) is 24.3 Å². The van der Waals surface area contributed by atoms with E-state index in [1.54, 1.807) is 0 Å². The highest BCUT2D eigenvalue weighted by atomic mass is 15.3. The maximum absolute atomic E-state index is 5.82. The molecule has 1 aromatic rings. The van der Waals surface area contributed by atoms with Crippen LogP contribution in [0.3, 0.4) is 0 Å². The first-order valence-electron chi connectivity index (χ1n) is 6.01. The standard InChI is InChI=1S/C12H23N5/c1-6-8(2)15-12(13)14-7-11-9(3)16-17(5)10(11)4/h8H,6-7H2,1-5H3,(H3,13,14,15). The monoisotopic (exact) mass is 237 g/mol. The van der Waals surface area contributed by atoms with Crippen LogP contribution in [0, 0.1) is 13.8 Å². The number of aliphatic imine (C=N–C) groups is 1. The normalized spacial score (nSPS) is 13.8. The molecule has 0 saturated heterocycles. The van der Waals surface area contributed by atoms with Gasteiger partial charge in [0.2, 0.25) is 0 Å². The Labute approximate surface area is 103 Å². The molecule has 1 rings (SSSR count). The van der Waals surface area contributed by atoms with E-state index in [0.29, 0.717) is 18.5 Å². The molecule has 0 spiro atoms. The Morgan fingerprint density at radius 2 is 2.18 bits per heavy atom. The van der Waals surface area contributed by atoms with Gasteiger partial charge in [-0.3, -0.25) is 4.68 Å².